The highest BCUT2D eigenvalue weighted by Gasteiger charge is 2.34. The molecule has 1 aromatic heterocycles. The fourth-order valence-electron chi connectivity index (χ4n) is 3.15. The van der Waals surface area contributed by atoms with Crippen LogP contribution in [0.4, 0.5) is 16.0 Å². The first-order valence-electron chi connectivity index (χ1n) is 8.55. The topological polar surface area (TPSA) is 65.8 Å². The Balaban J connectivity index is 1.64. The molecule has 0 saturated carbocycles. The zero-order chi connectivity index (χ0) is 19.0. The molecule has 1 aromatic carbocycles. The predicted octanol–water partition coefficient (Wildman–Crippen LogP) is 2.85. The highest BCUT2D eigenvalue weighted by molar-refractivity contribution is 7.80. The molecule has 0 bridgehead atoms. The number of halogens is 1. The van der Waals surface area contributed by atoms with Crippen molar-refractivity contribution in [2.24, 2.45) is 0 Å². The average Bonchev–Trinajstić information content (AvgIpc) is 3.31. The first-order valence-corrected chi connectivity index (χ1v) is 8.95. The highest BCUT2D eigenvalue weighted by atomic mass is 32.1. The van der Waals surface area contributed by atoms with Gasteiger partial charge in [0, 0.05) is 19.2 Å². The molecule has 3 heterocycles. The number of furan rings is 1. The molecule has 1 N–H and O–H groups in total. The molecule has 0 aliphatic carbocycles. The van der Waals surface area contributed by atoms with Crippen LogP contribution in [0, 0.1) is 5.82 Å². The first kappa shape index (κ1) is 17.4. The Kier molecular flexibility index (Phi) is 4.49. The van der Waals surface area contributed by atoms with E-state index < -0.39 is 17.6 Å². The summed E-state index contributed by atoms with van der Waals surface area (Å²) in [5.41, 5.74) is 0.268. The van der Waals surface area contributed by atoms with Crippen molar-refractivity contribution in [3.8, 4) is 0 Å². The van der Waals surface area contributed by atoms with Crippen molar-refractivity contribution >= 4 is 46.8 Å². The minimum atomic E-state index is -0.595. The lowest BCUT2D eigenvalue weighted by Crippen LogP contribution is -2.54. The van der Waals surface area contributed by atoms with Crippen LogP contribution in [0.25, 0.3) is 6.08 Å². The summed E-state index contributed by atoms with van der Waals surface area (Å²) in [5.74, 6) is -0.493. The van der Waals surface area contributed by atoms with Gasteiger partial charge in [-0.2, -0.15) is 0 Å². The molecule has 138 valence electrons. The Hall–Kier alpha value is -3.00. The maximum atomic E-state index is 13.2. The number of carbonyl (C=O) groups excluding carboxylic acids is 2. The number of benzene rings is 1. The Morgan fingerprint density at radius 3 is 2.48 bits per heavy atom. The monoisotopic (exact) mass is 385 g/mol. The van der Waals surface area contributed by atoms with E-state index in [9.17, 15) is 14.0 Å². The number of amides is 2. The molecule has 27 heavy (non-hydrogen) atoms. The van der Waals surface area contributed by atoms with E-state index in [1.807, 2.05) is 6.07 Å². The molecule has 2 saturated heterocycles. The fraction of sp³-hybridized carbons (Fsp3) is 0.211. The van der Waals surface area contributed by atoms with E-state index in [0.717, 1.165) is 30.8 Å². The number of rotatable bonds is 3. The molecule has 2 amide bonds. The second-order valence-corrected chi connectivity index (χ2v) is 6.69. The van der Waals surface area contributed by atoms with Crippen LogP contribution >= 0.6 is 12.2 Å². The van der Waals surface area contributed by atoms with E-state index in [4.69, 9.17) is 16.6 Å². The predicted molar refractivity (Wildman–Crippen MR) is 103 cm³/mol. The SMILES string of the molecule is O=C1NC(=S)N(c2ccc(F)cc2)C(=O)/C1=C/c1ccc(N2CCCC2)o1. The van der Waals surface area contributed by atoms with Crippen LogP contribution in [-0.2, 0) is 9.59 Å². The Labute approximate surface area is 160 Å². The van der Waals surface area contributed by atoms with Crippen molar-refractivity contribution in [2.75, 3.05) is 22.9 Å². The summed E-state index contributed by atoms with van der Waals surface area (Å²) >= 11 is 5.11. The Morgan fingerprint density at radius 2 is 1.78 bits per heavy atom. The molecule has 8 heteroatoms. The minimum absolute atomic E-state index is 0.0500. The van der Waals surface area contributed by atoms with Gasteiger partial charge in [0.15, 0.2) is 11.0 Å². The number of nitrogens with one attached hydrogen (secondary N) is 1. The minimum Gasteiger partial charge on any atom is -0.441 e. The van der Waals surface area contributed by atoms with Crippen molar-refractivity contribution in [3.63, 3.8) is 0 Å². The van der Waals surface area contributed by atoms with E-state index >= 15 is 0 Å². The number of anilines is 2. The summed E-state index contributed by atoms with van der Waals surface area (Å²) in [4.78, 5) is 28.4. The Bertz CT molecular complexity index is 945. The third-order valence-electron chi connectivity index (χ3n) is 4.50. The van der Waals surface area contributed by atoms with Crippen LogP contribution in [0.2, 0.25) is 0 Å². The number of thiocarbonyl (C=S) groups is 1. The second-order valence-electron chi connectivity index (χ2n) is 6.30. The van der Waals surface area contributed by atoms with E-state index in [1.165, 1.54) is 30.3 Å². The zero-order valence-electron chi connectivity index (χ0n) is 14.3. The van der Waals surface area contributed by atoms with Crippen molar-refractivity contribution in [1.29, 1.82) is 0 Å². The molecule has 4 rings (SSSR count). The molecule has 2 fully saturated rings. The van der Waals surface area contributed by atoms with Gasteiger partial charge < -0.3 is 9.32 Å². The van der Waals surface area contributed by atoms with Crippen molar-refractivity contribution in [3.05, 3.63) is 53.5 Å². The quantitative estimate of drug-likeness (QED) is 0.500. The second kappa shape index (κ2) is 6.96. The van der Waals surface area contributed by atoms with E-state index in [1.54, 1.807) is 6.07 Å². The maximum Gasteiger partial charge on any atom is 0.270 e. The van der Waals surface area contributed by atoms with Crippen LogP contribution in [0.1, 0.15) is 18.6 Å². The third kappa shape index (κ3) is 3.35. The zero-order valence-corrected chi connectivity index (χ0v) is 15.1. The molecule has 0 radical (unpaired) electrons. The molecular weight excluding hydrogens is 369 g/mol. The molecule has 0 atom stereocenters. The third-order valence-corrected chi connectivity index (χ3v) is 4.79. The molecule has 6 nitrogen and oxygen atoms in total. The summed E-state index contributed by atoms with van der Waals surface area (Å²) in [5, 5.41) is 2.44. The average molecular weight is 385 g/mol. The van der Waals surface area contributed by atoms with Gasteiger partial charge in [0.05, 0.1) is 5.69 Å². The largest absolute Gasteiger partial charge is 0.441 e. The van der Waals surface area contributed by atoms with Gasteiger partial charge in [-0.25, -0.2) is 4.39 Å². The highest BCUT2D eigenvalue weighted by Crippen LogP contribution is 2.26. The van der Waals surface area contributed by atoms with E-state index in [2.05, 4.69) is 10.2 Å². The fourth-order valence-corrected chi connectivity index (χ4v) is 3.43. The lowest BCUT2D eigenvalue weighted by atomic mass is 10.1. The van der Waals surface area contributed by atoms with Crippen LogP contribution in [0.15, 0.2) is 46.4 Å². The molecule has 0 unspecified atom stereocenters. The maximum absolute atomic E-state index is 13.2. The summed E-state index contributed by atoms with van der Waals surface area (Å²) in [6.45, 7) is 1.85. The first-order chi connectivity index (χ1) is 13.0. The lowest BCUT2D eigenvalue weighted by molar-refractivity contribution is -0.122. The van der Waals surface area contributed by atoms with Gasteiger partial charge in [-0.1, -0.05) is 0 Å². The number of hydrogen-bond acceptors (Lipinski definition) is 5. The van der Waals surface area contributed by atoms with Crippen molar-refractivity contribution < 1.29 is 18.4 Å². The molecule has 2 aliphatic heterocycles. The molecular formula is C19H16FN3O3S. The summed E-state index contributed by atoms with van der Waals surface area (Å²) in [7, 11) is 0. The van der Waals surface area contributed by atoms with Gasteiger partial charge in [-0.05, 0) is 61.5 Å². The van der Waals surface area contributed by atoms with E-state index in [0.29, 0.717) is 17.3 Å². The lowest BCUT2D eigenvalue weighted by Gasteiger charge is -2.28. The van der Waals surface area contributed by atoms with Crippen LogP contribution in [-0.4, -0.2) is 30.0 Å². The molecule has 0 spiro atoms. The summed E-state index contributed by atoms with van der Waals surface area (Å²) in [6, 6.07) is 8.83. The van der Waals surface area contributed by atoms with Gasteiger partial charge in [0.25, 0.3) is 11.8 Å². The molecule has 2 aliphatic rings. The van der Waals surface area contributed by atoms with Gasteiger partial charge >= 0.3 is 0 Å². The van der Waals surface area contributed by atoms with Crippen molar-refractivity contribution in [1.82, 2.24) is 5.32 Å². The number of carbonyl (C=O) groups is 2. The van der Waals surface area contributed by atoms with Gasteiger partial charge in [-0.15, -0.1) is 0 Å². The summed E-state index contributed by atoms with van der Waals surface area (Å²) in [6.07, 6.45) is 3.62. The van der Waals surface area contributed by atoms with Gasteiger partial charge in [0.1, 0.15) is 17.2 Å². The van der Waals surface area contributed by atoms with Gasteiger partial charge in [-0.3, -0.25) is 19.8 Å². The van der Waals surface area contributed by atoms with Crippen LogP contribution < -0.4 is 15.1 Å². The molecule has 2 aromatic rings. The van der Waals surface area contributed by atoms with E-state index in [-0.39, 0.29) is 10.7 Å². The van der Waals surface area contributed by atoms with Crippen molar-refractivity contribution in [2.45, 2.75) is 12.8 Å². The Morgan fingerprint density at radius 1 is 1.07 bits per heavy atom. The smallest absolute Gasteiger partial charge is 0.270 e. The van der Waals surface area contributed by atoms with Gasteiger partial charge in [0.2, 0.25) is 0 Å². The van der Waals surface area contributed by atoms with Crippen LogP contribution in [0.3, 0.4) is 0 Å². The summed E-state index contributed by atoms with van der Waals surface area (Å²) < 4.78 is 18.9. The number of nitrogens with zero attached hydrogens (tertiary/aromatic N) is 2. The standard InChI is InChI=1S/C19H16FN3O3S/c20-12-3-5-13(6-4-12)23-18(25)15(17(24)21-19(23)27)11-14-7-8-16(26-14)22-9-1-2-10-22/h3-8,11H,1-2,9-10H2,(H,21,24,27)/b15-11+. The number of hydrogen-bond donors (Lipinski definition) is 1. The normalized spacial score (nSPS) is 19.1. The van der Waals surface area contributed by atoms with Crippen LogP contribution in [0.5, 0.6) is 0 Å².